The summed E-state index contributed by atoms with van der Waals surface area (Å²) in [5.74, 6) is -0.203. The zero-order chi connectivity index (χ0) is 34.8. The Hall–Kier alpha value is -3.70. The van der Waals surface area contributed by atoms with E-state index in [1.165, 1.54) is 6.07 Å². The fraction of sp³-hybridized carbons (Fsp3) is 0.541. The first kappa shape index (κ1) is 35.6. The van der Waals surface area contributed by atoms with E-state index >= 15 is 4.39 Å². The molecular weight excluding hydrogens is 633 g/mol. The number of hydrogen-bond acceptors (Lipinski definition) is 9. The molecule has 2 atom stereocenters. The Morgan fingerprint density at radius 2 is 1.81 bits per heavy atom. The van der Waals surface area contributed by atoms with Crippen LogP contribution in [0.3, 0.4) is 0 Å². The predicted molar refractivity (Wildman–Crippen MR) is 185 cm³/mol. The molecule has 11 heteroatoms. The third-order valence-electron chi connectivity index (χ3n) is 8.28. The van der Waals surface area contributed by atoms with Gasteiger partial charge in [-0.05, 0) is 97.1 Å². The highest BCUT2D eigenvalue weighted by atomic mass is 32.1. The Bertz CT molecular complexity index is 1630. The van der Waals surface area contributed by atoms with Crippen LogP contribution < -0.4 is 9.64 Å². The summed E-state index contributed by atoms with van der Waals surface area (Å²) < 4.78 is 39.0. The van der Waals surface area contributed by atoms with Crippen LogP contribution in [0.5, 0.6) is 5.75 Å². The number of amides is 1. The second-order valence-electron chi connectivity index (χ2n) is 14.5. The maximum atomic E-state index is 15.4. The number of hydrogen-bond donors (Lipinski definition) is 0. The number of fused-ring (bicyclic) bond motifs is 1. The number of ether oxygens (including phenoxy) is 4. The minimum Gasteiger partial charge on any atom is -0.488 e. The number of carbonyl (C=O) groups excluding carboxylic acids is 2. The molecule has 0 spiro atoms. The zero-order valence-electron chi connectivity index (χ0n) is 29.4. The summed E-state index contributed by atoms with van der Waals surface area (Å²) in [6.07, 6.45) is 0.428. The van der Waals surface area contributed by atoms with Gasteiger partial charge >= 0.3 is 12.1 Å². The molecule has 0 bridgehead atoms. The van der Waals surface area contributed by atoms with E-state index in [-0.39, 0.29) is 37.0 Å². The number of halogens is 1. The van der Waals surface area contributed by atoms with Crippen LogP contribution in [0.25, 0.3) is 11.3 Å². The van der Waals surface area contributed by atoms with Crippen LogP contribution in [0.4, 0.5) is 14.3 Å². The van der Waals surface area contributed by atoms with Crippen molar-refractivity contribution in [2.45, 2.75) is 98.7 Å². The van der Waals surface area contributed by atoms with E-state index in [0.29, 0.717) is 50.4 Å². The van der Waals surface area contributed by atoms with Crippen molar-refractivity contribution in [2.75, 3.05) is 31.1 Å². The van der Waals surface area contributed by atoms with E-state index in [0.717, 1.165) is 33.1 Å². The highest BCUT2D eigenvalue weighted by Gasteiger charge is 2.38. The number of rotatable bonds is 8. The molecule has 3 aromatic rings. The number of piperidine rings is 1. The third kappa shape index (κ3) is 8.66. The molecule has 0 aliphatic carbocycles. The van der Waals surface area contributed by atoms with Crippen molar-refractivity contribution >= 4 is 28.5 Å². The minimum absolute atomic E-state index is 0.176. The van der Waals surface area contributed by atoms with Crippen LogP contribution in [0, 0.1) is 18.7 Å². The van der Waals surface area contributed by atoms with Crippen molar-refractivity contribution in [3.63, 3.8) is 0 Å². The lowest BCUT2D eigenvalue weighted by molar-refractivity contribution is -0.166. The van der Waals surface area contributed by atoms with Crippen LogP contribution >= 0.6 is 11.3 Å². The van der Waals surface area contributed by atoms with Crippen LogP contribution in [-0.4, -0.2) is 65.5 Å². The highest BCUT2D eigenvalue weighted by Crippen LogP contribution is 2.38. The second-order valence-corrected chi connectivity index (χ2v) is 15.3. The van der Waals surface area contributed by atoms with E-state index < -0.39 is 17.3 Å². The first-order chi connectivity index (χ1) is 22.6. The smallest absolute Gasteiger partial charge is 0.410 e. The second kappa shape index (κ2) is 14.4. The molecule has 0 N–H and O–H groups in total. The predicted octanol–water partition coefficient (Wildman–Crippen LogP) is 7.70. The van der Waals surface area contributed by atoms with Gasteiger partial charge in [0, 0.05) is 42.7 Å². The topological polar surface area (TPSA) is 90.4 Å². The van der Waals surface area contributed by atoms with Crippen LogP contribution in [-0.2, 0) is 38.6 Å². The molecule has 9 nitrogen and oxygen atoms in total. The van der Waals surface area contributed by atoms with E-state index in [1.54, 1.807) is 16.2 Å². The van der Waals surface area contributed by atoms with Gasteiger partial charge in [-0.25, -0.2) is 14.2 Å². The summed E-state index contributed by atoms with van der Waals surface area (Å²) in [5.41, 5.74) is 3.54. The number of anilines is 1. The molecule has 1 amide bonds. The van der Waals surface area contributed by atoms with Gasteiger partial charge in [-0.3, -0.25) is 4.79 Å². The summed E-state index contributed by atoms with van der Waals surface area (Å²) in [5, 5.41) is 2.86. The summed E-state index contributed by atoms with van der Waals surface area (Å²) in [4.78, 5) is 34.2. The number of esters is 1. The Labute approximate surface area is 287 Å². The molecule has 3 heterocycles. The van der Waals surface area contributed by atoms with E-state index in [1.807, 2.05) is 85.0 Å². The SMILES string of the molecule is CCO[C@@H]1CN(c2nc(-c3cccc(C)c3OCc3cc(F)c4c(c3)CCN(C(=O)OC(C)(C)C)C4)cs2)CC[C@@H]1C(=O)OC(C)(C)C. The molecule has 48 heavy (non-hydrogen) atoms. The summed E-state index contributed by atoms with van der Waals surface area (Å²) in [6.45, 7) is 17.5. The molecule has 0 saturated carbocycles. The van der Waals surface area contributed by atoms with Gasteiger partial charge in [0.15, 0.2) is 5.13 Å². The van der Waals surface area contributed by atoms with E-state index in [9.17, 15) is 9.59 Å². The van der Waals surface area contributed by atoms with Crippen molar-refractivity contribution in [2.24, 2.45) is 5.92 Å². The molecular formula is C37H48FN3O6S. The molecule has 1 saturated heterocycles. The molecule has 260 valence electrons. The van der Waals surface area contributed by atoms with Gasteiger partial charge in [0.05, 0.1) is 24.3 Å². The molecule has 1 fully saturated rings. The van der Waals surface area contributed by atoms with Gasteiger partial charge in [-0.1, -0.05) is 18.2 Å². The number of aryl methyl sites for hydroxylation is 1. The van der Waals surface area contributed by atoms with Gasteiger partial charge in [-0.2, -0.15) is 0 Å². The maximum absolute atomic E-state index is 15.4. The van der Waals surface area contributed by atoms with Gasteiger partial charge in [0.1, 0.15) is 29.4 Å². The standard InChI is InChI=1S/C37H48FN3O6S/c1-9-44-31-20-40(16-14-27(31)33(42)46-36(3,4)5)34-39-30(22-48-34)26-12-10-11-23(2)32(26)45-21-24-17-25-13-15-41(19-28(25)29(38)18-24)35(43)47-37(6,7)8/h10-12,17-18,22,27,31H,9,13-16,19-21H2,1-8H3/t27-,31+/m0/s1. The summed E-state index contributed by atoms with van der Waals surface area (Å²) in [6, 6.07) is 9.41. The molecule has 0 unspecified atom stereocenters. The van der Waals surface area contributed by atoms with Gasteiger partial charge in [-0.15, -0.1) is 11.3 Å². The van der Waals surface area contributed by atoms with Crippen LogP contribution in [0.2, 0.25) is 0 Å². The lowest BCUT2D eigenvalue weighted by Crippen LogP contribution is -2.49. The van der Waals surface area contributed by atoms with Crippen molar-refractivity contribution < 1.29 is 32.9 Å². The van der Waals surface area contributed by atoms with Crippen molar-refractivity contribution in [3.05, 3.63) is 63.8 Å². The molecule has 2 aliphatic rings. The fourth-order valence-corrected chi connectivity index (χ4v) is 6.96. The number of benzene rings is 2. The maximum Gasteiger partial charge on any atom is 0.410 e. The number of para-hydroxylation sites is 1. The zero-order valence-corrected chi connectivity index (χ0v) is 30.2. The van der Waals surface area contributed by atoms with E-state index in [2.05, 4.69) is 4.90 Å². The Morgan fingerprint density at radius 3 is 2.52 bits per heavy atom. The van der Waals surface area contributed by atoms with Gasteiger partial charge in [0.25, 0.3) is 0 Å². The number of thiazole rings is 1. The average molecular weight is 682 g/mol. The number of nitrogens with zero attached hydrogens (tertiary/aromatic N) is 3. The van der Waals surface area contributed by atoms with Gasteiger partial charge < -0.3 is 28.7 Å². The van der Waals surface area contributed by atoms with Crippen LogP contribution in [0.15, 0.2) is 35.7 Å². The lowest BCUT2D eigenvalue weighted by atomic mass is 9.93. The quantitative estimate of drug-likeness (QED) is 0.224. The Morgan fingerprint density at radius 1 is 1.06 bits per heavy atom. The summed E-state index contributed by atoms with van der Waals surface area (Å²) in [7, 11) is 0. The average Bonchev–Trinajstić information content (AvgIpc) is 3.49. The molecule has 2 aromatic carbocycles. The fourth-order valence-electron chi connectivity index (χ4n) is 6.10. The normalized spacial score (nSPS) is 18.4. The lowest BCUT2D eigenvalue weighted by Gasteiger charge is -2.38. The summed E-state index contributed by atoms with van der Waals surface area (Å²) >= 11 is 1.54. The van der Waals surface area contributed by atoms with Gasteiger partial charge in [0.2, 0.25) is 0 Å². The van der Waals surface area contributed by atoms with Crippen molar-refractivity contribution in [1.29, 1.82) is 0 Å². The first-order valence-electron chi connectivity index (χ1n) is 16.7. The molecule has 2 aliphatic heterocycles. The minimum atomic E-state index is -0.612. The Kier molecular flexibility index (Phi) is 10.7. The van der Waals surface area contributed by atoms with Crippen molar-refractivity contribution in [3.8, 4) is 17.0 Å². The molecule has 5 rings (SSSR count). The number of carbonyl (C=O) groups is 2. The van der Waals surface area contributed by atoms with Crippen molar-refractivity contribution in [1.82, 2.24) is 9.88 Å². The molecule has 1 aromatic heterocycles. The monoisotopic (exact) mass is 681 g/mol. The van der Waals surface area contributed by atoms with E-state index in [4.69, 9.17) is 23.9 Å². The van der Waals surface area contributed by atoms with Crippen LogP contribution in [0.1, 0.15) is 77.1 Å². The molecule has 0 radical (unpaired) electrons. The third-order valence-corrected chi connectivity index (χ3v) is 9.18. The first-order valence-corrected chi connectivity index (χ1v) is 17.6. The highest BCUT2D eigenvalue weighted by molar-refractivity contribution is 7.14. The number of aromatic nitrogens is 1. The largest absolute Gasteiger partial charge is 0.488 e. The Balaban J connectivity index is 1.28.